The van der Waals surface area contributed by atoms with Gasteiger partial charge in [-0.3, -0.25) is 4.79 Å². The summed E-state index contributed by atoms with van der Waals surface area (Å²) in [5.74, 6) is 1.11. The van der Waals surface area contributed by atoms with Crippen molar-refractivity contribution >= 4 is 18.3 Å². The molecule has 0 saturated carbocycles. The van der Waals surface area contributed by atoms with E-state index in [0.29, 0.717) is 11.8 Å². The number of nitrogens with two attached hydrogens (primary N) is 1. The van der Waals surface area contributed by atoms with E-state index in [4.69, 9.17) is 5.73 Å². The number of carbonyl (C=O) groups excluding carboxylic acids is 1. The maximum absolute atomic E-state index is 12.1. The van der Waals surface area contributed by atoms with Crippen LogP contribution in [0, 0.1) is 11.8 Å². The number of hydrogen-bond acceptors (Lipinski definition) is 2. The molecule has 0 aromatic carbocycles. The first kappa shape index (κ1) is 19.1. The van der Waals surface area contributed by atoms with Crippen molar-refractivity contribution < 1.29 is 4.79 Å². The van der Waals surface area contributed by atoms with Gasteiger partial charge in [-0.15, -0.1) is 12.4 Å². The van der Waals surface area contributed by atoms with E-state index in [1.807, 2.05) is 4.90 Å². The van der Waals surface area contributed by atoms with E-state index in [1.54, 1.807) is 0 Å². The first-order chi connectivity index (χ1) is 7.38. The molecule has 4 heteroatoms. The predicted octanol–water partition coefficient (Wildman–Crippen LogP) is 2.68. The van der Waals surface area contributed by atoms with E-state index < -0.39 is 0 Å². The van der Waals surface area contributed by atoms with E-state index in [1.165, 1.54) is 0 Å². The molecule has 0 fully saturated rings. The molecule has 0 bridgehead atoms. The van der Waals surface area contributed by atoms with Gasteiger partial charge in [-0.05, 0) is 18.3 Å². The van der Waals surface area contributed by atoms with Crippen LogP contribution in [0.1, 0.15) is 47.5 Å². The molecule has 0 spiro atoms. The zero-order valence-electron chi connectivity index (χ0n) is 11.9. The fourth-order valence-corrected chi connectivity index (χ4v) is 1.81. The molecule has 0 heterocycles. The molecule has 0 radical (unpaired) electrons. The zero-order valence-corrected chi connectivity index (χ0v) is 12.7. The first-order valence-electron chi connectivity index (χ1n) is 6.42. The van der Waals surface area contributed by atoms with Gasteiger partial charge in [0.15, 0.2) is 0 Å². The first-order valence-corrected chi connectivity index (χ1v) is 6.42. The second-order valence-electron chi connectivity index (χ2n) is 5.43. The number of rotatable bonds is 7. The highest BCUT2D eigenvalue weighted by Gasteiger charge is 2.21. The lowest BCUT2D eigenvalue weighted by Gasteiger charge is -2.28. The van der Waals surface area contributed by atoms with Gasteiger partial charge < -0.3 is 10.6 Å². The van der Waals surface area contributed by atoms with Crippen LogP contribution in [-0.2, 0) is 4.79 Å². The van der Waals surface area contributed by atoms with Crippen LogP contribution in [0.2, 0.25) is 0 Å². The van der Waals surface area contributed by atoms with Crippen molar-refractivity contribution in [3.05, 3.63) is 0 Å². The smallest absolute Gasteiger partial charge is 0.239 e. The SMILES string of the molecule is CCCC(N)C(=O)N(CC(C)C)CC(C)C.Cl. The number of halogens is 1. The average Bonchev–Trinajstić information content (AvgIpc) is 2.14. The molecule has 0 aromatic rings. The van der Waals surface area contributed by atoms with Crippen LogP contribution >= 0.6 is 12.4 Å². The van der Waals surface area contributed by atoms with Crippen LogP contribution in [0.25, 0.3) is 0 Å². The monoisotopic (exact) mass is 264 g/mol. The summed E-state index contributed by atoms with van der Waals surface area (Å²) in [5, 5.41) is 0. The molecule has 0 saturated heterocycles. The summed E-state index contributed by atoms with van der Waals surface area (Å²) in [6.45, 7) is 12.2. The van der Waals surface area contributed by atoms with Gasteiger partial charge in [0, 0.05) is 13.1 Å². The van der Waals surface area contributed by atoms with Gasteiger partial charge in [-0.25, -0.2) is 0 Å². The van der Waals surface area contributed by atoms with Crippen molar-refractivity contribution in [3.8, 4) is 0 Å². The molecule has 1 atom stereocenters. The Balaban J connectivity index is 0. The van der Waals surface area contributed by atoms with Crippen molar-refractivity contribution in [1.29, 1.82) is 0 Å². The number of hydrogen-bond donors (Lipinski definition) is 1. The Bertz CT molecular complexity index is 198. The maximum atomic E-state index is 12.1. The highest BCUT2D eigenvalue weighted by atomic mass is 35.5. The minimum atomic E-state index is -0.317. The number of nitrogens with zero attached hydrogens (tertiary/aromatic N) is 1. The molecule has 1 unspecified atom stereocenters. The molecule has 0 aliphatic heterocycles. The Morgan fingerprint density at radius 1 is 1.12 bits per heavy atom. The highest BCUT2D eigenvalue weighted by molar-refractivity contribution is 5.85. The Morgan fingerprint density at radius 3 is 1.82 bits per heavy atom. The Labute approximate surface area is 113 Å². The van der Waals surface area contributed by atoms with Crippen molar-refractivity contribution in [3.63, 3.8) is 0 Å². The van der Waals surface area contributed by atoms with Gasteiger partial charge in [0.25, 0.3) is 0 Å². The lowest BCUT2D eigenvalue weighted by molar-refractivity contribution is -0.133. The van der Waals surface area contributed by atoms with Gasteiger partial charge in [0.1, 0.15) is 0 Å². The molecule has 0 aliphatic carbocycles. The van der Waals surface area contributed by atoms with Crippen LogP contribution in [0.4, 0.5) is 0 Å². The standard InChI is InChI=1S/C13H28N2O.ClH/c1-6-7-12(14)13(16)15(8-10(2)3)9-11(4)5;/h10-12H,6-9,14H2,1-5H3;1H. The maximum Gasteiger partial charge on any atom is 0.239 e. The molecule has 0 aliphatic rings. The topological polar surface area (TPSA) is 46.3 Å². The third kappa shape index (κ3) is 8.44. The Morgan fingerprint density at radius 2 is 1.53 bits per heavy atom. The summed E-state index contributed by atoms with van der Waals surface area (Å²) in [7, 11) is 0. The number of carbonyl (C=O) groups is 1. The summed E-state index contributed by atoms with van der Waals surface area (Å²) >= 11 is 0. The van der Waals surface area contributed by atoms with Gasteiger partial charge in [-0.2, -0.15) is 0 Å². The molecule has 104 valence electrons. The van der Waals surface area contributed by atoms with Crippen molar-refractivity contribution in [2.45, 2.75) is 53.5 Å². The van der Waals surface area contributed by atoms with Crippen molar-refractivity contribution in [1.82, 2.24) is 4.90 Å². The summed E-state index contributed by atoms with van der Waals surface area (Å²) in [5.41, 5.74) is 5.89. The third-order valence-corrected chi connectivity index (χ3v) is 2.40. The normalized spacial score (nSPS) is 12.5. The predicted molar refractivity (Wildman–Crippen MR) is 76.4 cm³/mol. The Kier molecular flexibility index (Phi) is 10.9. The minimum absolute atomic E-state index is 0. The third-order valence-electron chi connectivity index (χ3n) is 2.40. The van der Waals surface area contributed by atoms with Crippen molar-refractivity contribution in [2.24, 2.45) is 17.6 Å². The summed E-state index contributed by atoms with van der Waals surface area (Å²) in [4.78, 5) is 14.0. The van der Waals surface area contributed by atoms with Gasteiger partial charge in [0.2, 0.25) is 5.91 Å². The van der Waals surface area contributed by atoms with Gasteiger partial charge >= 0.3 is 0 Å². The van der Waals surface area contributed by atoms with Gasteiger partial charge in [-0.1, -0.05) is 41.0 Å². The van der Waals surface area contributed by atoms with Crippen LogP contribution in [0.3, 0.4) is 0 Å². The van der Waals surface area contributed by atoms with Gasteiger partial charge in [0.05, 0.1) is 6.04 Å². The largest absolute Gasteiger partial charge is 0.341 e. The van der Waals surface area contributed by atoms with E-state index in [-0.39, 0.29) is 24.4 Å². The van der Waals surface area contributed by atoms with E-state index in [9.17, 15) is 4.79 Å². The second kappa shape index (κ2) is 9.72. The fourth-order valence-electron chi connectivity index (χ4n) is 1.81. The van der Waals surface area contributed by atoms with Crippen LogP contribution < -0.4 is 5.73 Å². The molecule has 1 amide bonds. The van der Waals surface area contributed by atoms with Crippen LogP contribution in [0.5, 0.6) is 0 Å². The molecular weight excluding hydrogens is 236 g/mol. The fraction of sp³-hybridized carbons (Fsp3) is 0.923. The van der Waals surface area contributed by atoms with E-state index >= 15 is 0 Å². The molecule has 0 rings (SSSR count). The second-order valence-corrected chi connectivity index (χ2v) is 5.43. The molecule has 2 N–H and O–H groups in total. The molecule has 3 nitrogen and oxygen atoms in total. The Hall–Kier alpha value is -0.280. The molecule has 0 aromatic heterocycles. The minimum Gasteiger partial charge on any atom is -0.341 e. The lowest BCUT2D eigenvalue weighted by Crippen LogP contribution is -2.46. The lowest BCUT2D eigenvalue weighted by atomic mass is 10.1. The summed E-state index contributed by atoms with van der Waals surface area (Å²) in [6, 6.07) is -0.317. The van der Waals surface area contributed by atoms with Crippen LogP contribution in [0.15, 0.2) is 0 Å². The quantitative estimate of drug-likeness (QED) is 0.769. The molecule has 17 heavy (non-hydrogen) atoms. The zero-order chi connectivity index (χ0) is 12.7. The van der Waals surface area contributed by atoms with E-state index in [0.717, 1.165) is 25.9 Å². The summed E-state index contributed by atoms with van der Waals surface area (Å²) in [6.07, 6.45) is 1.75. The average molecular weight is 265 g/mol. The van der Waals surface area contributed by atoms with Crippen LogP contribution in [-0.4, -0.2) is 29.9 Å². The highest BCUT2D eigenvalue weighted by Crippen LogP contribution is 2.07. The summed E-state index contributed by atoms with van der Waals surface area (Å²) < 4.78 is 0. The number of amides is 1. The molecular formula is C13H29ClN2O. The van der Waals surface area contributed by atoms with Crippen molar-refractivity contribution in [2.75, 3.05) is 13.1 Å². The van der Waals surface area contributed by atoms with E-state index in [2.05, 4.69) is 34.6 Å².